The van der Waals surface area contributed by atoms with Crippen LogP contribution in [-0.2, 0) is 14.8 Å². The number of amides is 1. The third kappa shape index (κ3) is 3.37. The Balaban J connectivity index is 1.33. The van der Waals surface area contributed by atoms with E-state index in [0.29, 0.717) is 11.3 Å². The largest absolute Gasteiger partial charge is 0.328 e. The molecule has 3 aromatic rings. The molecule has 3 aliphatic carbocycles. The summed E-state index contributed by atoms with van der Waals surface area (Å²) in [5, 5.41) is 1.97. The number of rotatable bonds is 5. The lowest BCUT2D eigenvalue weighted by atomic mass is 9.62. The van der Waals surface area contributed by atoms with Gasteiger partial charge in [0.05, 0.1) is 10.9 Å². The smallest absolute Gasteiger partial charge is 0.263 e. The van der Waals surface area contributed by atoms with Gasteiger partial charge in [-0.15, -0.1) is 11.3 Å². The predicted octanol–water partition coefficient (Wildman–Crippen LogP) is 4.12. The first-order valence-corrected chi connectivity index (χ1v) is 13.7. The maximum Gasteiger partial charge on any atom is 0.263 e. The van der Waals surface area contributed by atoms with Crippen LogP contribution in [0, 0.1) is 17.8 Å². The normalized spacial score (nSPS) is 27.7. The molecule has 7 rings (SSSR count). The highest BCUT2D eigenvalue weighted by molar-refractivity contribution is 7.93. The minimum atomic E-state index is -3.80. The highest BCUT2D eigenvalue weighted by Crippen LogP contribution is 2.57. The molecule has 9 heteroatoms. The second-order valence-electron chi connectivity index (χ2n) is 9.20. The lowest BCUT2D eigenvalue weighted by molar-refractivity contribution is -0.134. The van der Waals surface area contributed by atoms with E-state index in [4.69, 9.17) is 0 Å². The summed E-state index contributed by atoms with van der Waals surface area (Å²) in [4.78, 5) is 33.0. The summed E-state index contributed by atoms with van der Waals surface area (Å²) >= 11 is 1.19. The monoisotopic (exact) mass is 493 g/mol. The number of nitrogens with zero attached hydrogens (tertiary/aromatic N) is 2. The van der Waals surface area contributed by atoms with Crippen LogP contribution in [0.5, 0.6) is 0 Å². The standard InChI is InChI=1S/C25H23N3O4S2/c29-23-17-8-11-19-20(14-17)28(22(21(19)23)15-4-2-1-3-5-15)24(30)16-6-9-18(10-7-16)34(31,32)27-25-26-12-13-33-25/h1-7,9-10,12-13,17,19-22H,8,11,14H2,(H,26,27)/t17-,19+,20+,21-,22?/m1/s1. The molecule has 1 saturated heterocycles. The first-order valence-electron chi connectivity index (χ1n) is 11.4. The summed E-state index contributed by atoms with van der Waals surface area (Å²) in [7, 11) is -3.80. The van der Waals surface area contributed by atoms with Crippen LogP contribution in [0.1, 0.15) is 41.2 Å². The van der Waals surface area contributed by atoms with Crippen molar-refractivity contribution in [3.63, 3.8) is 0 Å². The van der Waals surface area contributed by atoms with Crippen molar-refractivity contribution in [1.29, 1.82) is 0 Å². The lowest BCUT2D eigenvalue weighted by Gasteiger charge is -2.40. The molecule has 1 amide bonds. The SMILES string of the molecule is O=C1[C@@H]2CC[C@@H]3[C@@H]1C(c1ccccc1)N(C(=O)c1ccc(S(=O)(=O)Nc4nccs4)cc1)[C@H]3C2. The summed E-state index contributed by atoms with van der Waals surface area (Å²) in [5.41, 5.74) is 1.40. The number of anilines is 1. The van der Waals surface area contributed by atoms with Gasteiger partial charge in [-0.05, 0) is 55.0 Å². The van der Waals surface area contributed by atoms with Crippen LogP contribution in [0.2, 0.25) is 0 Å². The van der Waals surface area contributed by atoms with E-state index in [0.717, 1.165) is 24.8 Å². The molecule has 4 bridgehead atoms. The Bertz CT molecular complexity index is 1340. The number of aromatic nitrogens is 1. The fourth-order valence-corrected chi connectivity index (χ4v) is 7.88. The third-order valence-electron chi connectivity index (χ3n) is 7.50. The fraction of sp³-hybridized carbons (Fsp3) is 0.320. The summed E-state index contributed by atoms with van der Waals surface area (Å²) < 4.78 is 27.8. The Hall–Kier alpha value is -3.04. The van der Waals surface area contributed by atoms with Gasteiger partial charge in [0.15, 0.2) is 5.13 Å². The number of nitrogens with one attached hydrogen (secondary N) is 1. The molecule has 2 aromatic carbocycles. The Labute approximate surface area is 201 Å². The quantitative estimate of drug-likeness (QED) is 0.577. The maximum absolute atomic E-state index is 13.8. The molecule has 5 atom stereocenters. The van der Waals surface area contributed by atoms with E-state index < -0.39 is 10.0 Å². The Kier molecular flexibility index (Phi) is 5.07. The van der Waals surface area contributed by atoms with Gasteiger partial charge in [0.1, 0.15) is 5.78 Å². The molecule has 0 spiro atoms. The van der Waals surface area contributed by atoms with Crippen molar-refractivity contribution in [3.05, 3.63) is 77.3 Å². The number of carbonyl (C=O) groups excluding carboxylic acids is 2. The van der Waals surface area contributed by atoms with Gasteiger partial charge in [-0.1, -0.05) is 30.3 Å². The van der Waals surface area contributed by atoms with Gasteiger partial charge < -0.3 is 4.90 Å². The number of carbonyl (C=O) groups is 2. The fourth-order valence-electron chi connectivity index (χ4n) is 6.09. The minimum Gasteiger partial charge on any atom is -0.328 e. The van der Waals surface area contributed by atoms with Crippen molar-refractivity contribution in [2.45, 2.75) is 36.2 Å². The number of hydrogen-bond donors (Lipinski definition) is 1. The van der Waals surface area contributed by atoms with Crippen LogP contribution in [0.25, 0.3) is 0 Å². The molecule has 1 unspecified atom stereocenters. The Morgan fingerprint density at radius 2 is 1.82 bits per heavy atom. The molecule has 1 aliphatic heterocycles. The second kappa shape index (κ2) is 8.02. The van der Waals surface area contributed by atoms with Crippen molar-refractivity contribution in [1.82, 2.24) is 9.88 Å². The summed E-state index contributed by atoms with van der Waals surface area (Å²) in [6.07, 6.45) is 4.13. The molecule has 1 aromatic heterocycles. The summed E-state index contributed by atoms with van der Waals surface area (Å²) in [6, 6.07) is 15.6. The van der Waals surface area contributed by atoms with Gasteiger partial charge in [-0.25, -0.2) is 13.4 Å². The molecule has 34 heavy (non-hydrogen) atoms. The first kappa shape index (κ1) is 21.5. The zero-order valence-corrected chi connectivity index (χ0v) is 19.8. The van der Waals surface area contributed by atoms with Gasteiger partial charge >= 0.3 is 0 Å². The van der Waals surface area contributed by atoms with Crippen LogP contribution in [0.15, 0.2) is 71.1 Å². The second-order valence-corrected chi connectivity index (χ2v) is 11.8. The van der Waals surface area contributed by atoms with E-state index in [1.165, 1.54) is 29.7 Å². The molecule has 4 fully saturated rings. The van der Waals surface area contributed by atoms with E-state index in [-0.39, 0.29) is 45.8 Å². The highest BCUT2D eigenvalue weighted by atomic mass is 32.2. The number of thiazole rings is 1. The molecule has 4 aliphatic rings. The lowest BCUT2D eigenvalue weighted by Crippen LogP contribution is -2.46. The topological polar surface area (TPSA) is 96.4 Å². The van der Waals surface area contributed by atoms with Crippen LogP contribution in [0.4, 0.5) is 5.13 Å². The van der Waals surface area contributed by atoms with Crippen molar-refractivity contribution in [2.75, 3.05) is 4.72 Å². The molecular formula is C25H23N3O4S2. The molecule has 7 nitrogen and oxygen atoms in total. The van der Waals surface area contributed by atoms with Crippen molar-refractivity contribution in [3.8, 4) is 0 Å². The van der Waals surface area contributed by atoms with E-state index in [2.05, 4.69) is 9.71 Å². The van der Waals surface area contributed by atoms with Gasteiger partial charge in [-0.3, -0.25) is 14.3 Å². The van der Waals surface area contributed by atoms with Crippen LogP contribution in [0.3, 0.4) is 0 Å². The predicted molar refractivity (Wildman–Crippen MR) is 128 cm³/mol. The molecule has 174 valence electrons. The number of benzene rings is 2. The Morgan fingerprint density at radius 1 is 1.06 bits per heavy atom. The van der Waals surface area contributed by atoms with Gasteiger partial charge in [-0.2, -0.15) is 0 Å². The molecule has 0 radical (unpaired) electrons. The molecule has 2 heterocycles. The number of fused-ring (bicyclic) bond motifs is 1. The number of likely N-dealkylation sites (tertiary alicyclic amines) is 1. The number of hydrogen-bond acceptors (Lipinski definition) is 6. The third-order valence-corrected chi connectivity index (χ3v) is 9.67. The van der Waals surface area contributed by atoms with Crippen molar-refractivity contribution < 1.29 is 18.0 Å². The van der Waals surface area contributed by atoms with E-state index in [1.807, 2.05) is 35.2 Å². The van der Waals surface area contributed by atoms with Gasteiger partial charge in [0.25, 0.3) is 15.9 Å². The molecular weight excluding hydrogens is 470 g/mol. The Morgan fingerprint density at radius 3 is 2.53 bits per heavy atom. The highest BCUT2D eigenvalue weighted by Gasteiger charge is 2.61. The molecule has 1 N–H and O–H groups in total. The van der Waals surface area contributed by atoms with Crippen molar-refractivity contribution in [2.24, 2.45) is 17.8 Å². The average molecular weight is 494 g/mol. The minimum absolute atomic E-state index is 0.0356. The van der Waals surface area contributed by atoms with E-state index in [1.54, 1.807) is 17.5 Å². The zero-order chi connectivity index (χ0) is 23.4. The molecule has 3 saturated carbocycles. The van der Waals surface area contributed by atoms with E-state index in [9.17, 15) is 18.0 Å². The number of Topliss-reactive ketones (excluding diaryl/α,β-unsaturated/α-hetero) is 1. The number of sulfonamides is 1. The number of ketones is 1. The van der Waals surface area contributed by atoms with Crippen LogP contribution >= 0.6 is 11.3 Å². The average Bonchev–Trinajstić information content (AvgIpc) is 3.46. The van der Waals surface area contributed by atoms with Crippen LogP contribution < -0.4 is 4.72 Å². The maximum atomic E-state index is 13.8. The first-order chi connectivity index (χ1) is 16.4. The summed E-state index contributed by atoms with van der Waals surface area (Å²) in [6.45, 7) is 0. The zero-order valence-electron chi connectivity index (χ0n) is 18.2. The summed E-state index contributed by atoms with van der Waals surface area (Å²) in [5.74, 6) is 0.207. The van der Waals surface area contributed by atoms with Crippen LogP contribution in [-0.4, -0.2) is 36.0 Å². The van der Waals surface area contributed by atoms with Gasteiger partial charge in [0, 0.05) is 35.0 Å². The van der Waals surface area contributed by atoms with E-state index >= 15 is 0 Å². The van der Waals surface area contributed by atoms with Gasteiger partial charge in [0.2, 0.25) is 0 Å². The van der Waals surface area contributed by atoms with Crippen molar-refractivity contribution >= 4 is 38.2 Å².